The SMILES string of the molecule is O=C(c1cncnc1)N1CCCCC1c1ncc(Cc2cccc(F)c2)o1. The van der Waals surface area contributed by atoms with Crippen molar-refractivity contribution in [2.75, 3.05) is 6.54 Å². The van der Waals surface area contributed by atoms with Crippen LogP contribution >= 0.6 is 0 Å². The number of aromatic nitrogens is 3. The number of carbonyl (C=O) groups excluding carboxylic acids is 1. The number of hydrogen-bond donors (Lipinski definition) is 0. The summed E-state index contributed by atoms with van der Waals surface area (Å²) in [5.74, 6) is 0.773. The third kappa shape index (κ3) is 3.86. The predicted octanol–water partition coefficient (Wildman–Crippen LogP) is 3.56. The quantitative estimate of drug-likeness (QED) is 0.706. The number of carbonyl (C=O) groups is 1. The third-order valence-corrected chi connectivity index (χ3v) is 4.70. The van der Waals surface area contributed by atoms with E-state index in [1.54, 1.807) is 17.2 Å². The van der Waals surface area contributed by atoms with Crippen molar-refractivity contribution in [1.82, 2.24) is 19.9 Å². The molecule has 1 aliphatic rings. The molecule has 1 saturated heterocycles. The standard InChI is InChI=1S/C20H19FN4O2/c21-16-5-3-4-14(8-16)9-17-12-24-19(27-17)18-6-1-2-7-25(18)20(26)15-10-22-13-23-11-15/h3-5,8,10-13,18H,1-2,6-7,9H2. The van der Waals surface area contributed by atoms with Crippen LogP contribution in [-0.2, 0) is 6.42 Å². The van der Waals surface area contributed by atoms with Gasteiger partial charge in [0.05, 0.1) is 11.8 Å². The first kappa shape index (κ1) is 17.3. The summed E-state index contributed by atoms with van der Waals surface area (Å²) in [7, 11) is 0. The number of nitrogens with zero attached hydrogens (tertiary/aromatic N) is 4. The molecule has 138 valence electrons. The molecule has 2 aromatic heterocycles. The van der Waals surface area contributed by atoms with Crippen molar-refractivity contribution in [3.05, 3.63) is 77.8 Å². The molecule has 1 unspecified atom stereocenters. The molecule has 1 aliphatic heterocycles. The van der Waals surface area contributed by atoms with Crippen LogP contribution in [0.5, 0.6) is 0 Å². The van der Waals surface area contributed by atoms with Crippen LogP contribution in [0.25, 0.3) is 0 Å². The molecule has 6 nitrogen and oxygen atoms in total. The van der Waals surface area contributed by atoms with Gasteiger partial charge in [-0.25, -0.2) is 19.3 Å². The van der Waals surface area contributed by atoms with E-state index >= 15 is 0 Å². The number of halogens is 1. The molecule has 1 atom stereocenters. The lowest BCUT2D eigenvalue weighted by atomic mass is 10.0. The van der Waals surface area contributed by atoms with Gasteiger partial charge in [-0.15, -0.1) is 0 Å². The summed E-state index contributed by atoms with van der Waals surface area (Å²) in [4.78, 5) is 26.9. The molecule has 3 heterocycles. The summed E-state index contributed by atoms with van der Waals surface area (Å²) in [6.45, 7) is 0.639. The first-order valence-electron chi connectivity index (χ1n) is 8.96. The molecule has 1 fully saturated rings. The lowest BCUT2D eigenvalue weighted by Crippen LogP contribution is -2.38. The van der Waals surface area contributed by atoms with Crippen molar-refractivity contribution in [2.45, 2.75) is 31.7 Å². The van der Waals surface area contributed by atoms with Crippen LogP contribution in [0, 0.1) is 5.82 Å². The van der Waals surface area contributed by atoms with E-state index in [0.29, 0.717) is 30.2 Å². The van der Waals surface area contributed by atoms with E-state index in [0.717, 1.165) is 24.8 Å². The van der Waals surface area contributed by atoms with Crippen LogP contribution in [0.15, 0.2) is 53.6 Å². The second-order valence-electron chi connectivity index (χ2n) is 6.61. The molecule has 7 heteroatoms. The molecule has 27 heavy (non-hydrogen) atoms. The van der Waals surface area contributed by atoms with Gasteiger partial charge >= 0.3 is 0 Å². The number of amides is 1. The Morgan fingerprint density at radius 3 is 2.89 bits per heavy atom. The molecular formula is C20H19FN4O2. The Hall–Kier alpha value is -3.09. The van der Waals surface area contributed by atoms with Crippen LogP contribution in [0.4, 0.5) is 4.39 Å². The van der Waals surface area contributed by atoms with Crippen LogP contribution in [-0.4, -0.2) is 32.3 Å². The van der Waals surface area contributed by atoms with Crippen molar-refractivity contribution in [3.63, 3.8) is 0 Å². The fraction of sp³-hybridized carbons (Fsp3) is 0.300. The van der Waals surface area contributed by atoms with E-state index in [2.05, 4.69) is 15.0 Å². The van der Waals surface area contributed by atoms with E-state index in [4.69, 9.17) is 4.42 Å². The highest BCUT2D eigenvalue weighted by molar-refractivity contribution is 5.93. The second kappa shape index (κ2) is 7.65. The highest BCUT2D eigenvalue weighted by atomic mass is 19.1. The molecule has 1 amide bonds. The molecule has 0 radical (unpaired) electrons. The Labute approximate surface area is 156 Å². The summed E-state index contributed by atoms with van der Waals surface area (Å²) in [6.07, 6.45) is 9.28. The van der Waals surface area contributed by atoms with Crippen molar-refractivity contribution in [3.8, 4) is 0 Å². The molecule has 0 N–H and O–H groups in total. The van der Waals surface area contributed by atoms with Crippen molar-refractivity contribution >= 4 is 5.91 Å². The first-order valence-corrected chi connectivity index (χ1v) is 8.96. The van der Waals surface area contributed by atoms with Gasteiger partial charge < -0.3 is 9.32 Å². The molecule has 0 spiro atoms. The highest BCUT2D eigenvalue weighted by Gasteiger charge is 2.32. The summed E-state index contributed by atoms with van der Waals surface area (Å²) in [6, 6.07) is 6.19. The van der Waals surface area contributed by atoms with Crippen LogP contribution in [0.2, 0.25) is 0 Å². The Bertz CT molecular complexity index is 928. The zero-order valence-corrected chi connectivity index (χ0v) is 14.7. The van der Waals surface area contributed by atoms with Crippen LogP contribution in [0.3, 0.4) is 0 Å². The smallest absolute Gasteiger partial charge is 0.257 e. The van der Waals surface area contributed by atoms with Gasteiger partial charge in [0.1, 0.15) is 23.9 Å². The van der Waals surface area contributed by atoms with E-state index in [1.807, 2.05) is 6.07 Å². The molecule has 0 bridgehead atoms. The molecule has 1 aromatic carbocycles. The number of oxazole rings is 1. The average molecular weight is 366 g/mol. The Balaban J connectivity index is 1.54. The number of hydrogen-bond acceptors (Lipinski definition) is 5. The topological polar surface area (TPSA) is 72.1 Å². The minimum absolute atomic E-state index is 0.120. The number of likely N-dealkylation sites (tertiary alicyclic amines) is 1. The summed E-state index contributed by atoms with van der Waals surface area (Å²) in [5.41, 5.74) is 1.27. The Morgan fingerprint density at radius 1 is 1.22 bits per heavy atom. The van der Waals surface area contributed by atoms with Gasteiger partial charge in [0, 0.05) is 25.4 Å². The molecule has 3 aromatic rings. The maximum absolute atomic E-state index is 13.4. The van der Waals surface area contributed by atoms with Gasteiger partial charge in [0.2, 0.25) is 5.89 Å². The monoisotopic (exact) mass is 366 g/mol. The summed E-state index contributed by atoms with van der Waals surface area (Å²) >= 11 is 0. The minimum atomic E-state index is -0.277. The average Bonchev–Trinajstić information content (AvgIpc) is 3.16. The summed E-state index contributed by atoms with van der Waals surface area (Å²) < 4.78 is 19.3. The van der Waals surface area contributed by atoms with Gasteiger partial charge in [0.25, 0.3) is 5.91 Å². The van der Waals surface area contributed by atoms with Crippen molar-refractivity contribution in [1.29, 1.82) is 0 Å². The highest BCUT2D eigenvalue weighted by Crippen LogP contribution is 2.32. The normalized spacial score (nSPS) is 17.1. The lowest BCUT2D eigenvalue weighted by molar-refractivity contribution is 0.0569. The zero-order chi connectivity index (χ0) is 18.6. The first-order chi connectivity index (χ1) is 13.2. The minimum Gasteiger partial charge on any atom is -0.443 e. The van der Waals surface area contributed by atoms with Gasteiger partial charge in [0.15, 0.2) is 0 Å². The van der Waals surface area contributed by atoms with E-state index in [9.17, 15) is 9.18 Å². The van der Waals surface area contributed by atoms with Gasteiger partial charge in [-0.3, -0.25) is 4.79 Å². The van der Waals surface area contributed by atoms with E-state index < -0.39 is 0 Å². The molecule has 4 rings (SSSR count). The molecule has 0 aliphatic carbocycles. The predicted molar refractivity (Wildman–Crippen MR) is 95.4 cm³/mol. The van der Waals surface area contributed by atoms with E-state index in [-0.39, 0.29) is 17.8 Å². The summed E-state index contributed by atoms with van der Waals surface area (Å²) in [5, 5.41) is 0. The van der Waals surface area contributed by atoms with Gasteiger partial charge in [-0.2, -0.15) is 0 Å². The second-order valence-corrected chi connectivity index (χ2v) is 6.61. The molecular weight excluding hydrogens is 347 g/mol. The van der Waals surface area contributed by atoms with Crippen LogP contribution in [0.1, 0.15) is 52.9 Å². The zero-order valence-electron chi connectivity index (χ0n) is 14.7. The van der Waals surface area contributed by atoms with Gasteiger partial charge in [-0.05, 0) is 37.0 Å². The molecule has 0 saturated carbocycles. The van der Waals surface area contributed by atoms with Gasteiger partial charge in [-0.1, -0.05) is 12.1 Å². The largest absolute Gasteiger partial charge is 0.443 e. The van der Waals surface area contributed by atoms with Crippen molar-refractivity contribution < 1.29 is 13.6 Å². The van der Waals surface area contributed by atoms with E-state index in [1.165, 1.54) is 30.9 Å². The fourth-order valence-corrected chi connectivity index (χ4v) is 3.41. The lowest BCUT2D eigenvalue weighted by Gasteiger charge is -2.33. The third-order valence-electron chi connectivity index (χ3n) is 4.70. The number of benzene rings is 1. The number of piperidine rings is 1. The Morgan fingerprint density at radius 2 is 2.07 bits per heavy atom. The van der Waals surface area contributed by atoms with Crippen LogP contribution < -0.4 is 0 Å². The Kier molecular flexibility index (Phi) is 4.91. The maximum atomic E-state index is 13.4. The maximum Gasteiger partial charge on any atom is 0.257 e. The van der Waals surface area contributed by atoms with Crippen molar-refractivity contribution in [2.24, 2.45) is 0 Å². The number of rotatable bonds is 4. The fourth-order valence-electron chi connectivity index (χ4n) is 3.41.